The van der Waals surface area contributed by atoms with E-state index in [9.17, 15) is 4.79 Å². The first kappa shape index (κ1) is 15.2. The molecule has 0 aliphatic carbocycles. The Morgan fingerprint density at radius 3 is 2.12 bits per heavy atom. The Hall–Kier alpha value is -0.830. The van der Waals surface area contributed by atoms with Gasteiger partial charge in [-0.05, 0) is 26.2 Å². The lowest BCUT2D eigenvalue weighted by Crippen LogP contribution is -2.43. The van der Waals surface area contributed by atoms with E-state index in [4.69, 9.17) is 0 Å². The van der Waals surface area contributed by atoms with Crippen molar-refractivity contribution in [2.24, 2.45) is 0 Å². The average molecular weight is 227 g/mol. The van der Waals surface area contributed by atoms with Gasteiger partial charge in [0, 0.05) is 17.7 Å². The van der Waals surface area contributed by atoms with Crippen molar-refractivity contribution in [2.75, 3.05) is 13.7 Å². The molecule has 0 amide bonds. The van der Waals surface area contributed by atoms with Crippen molar-refractivity contribution in [1.82, 2.24) is 5.32 Å². The third-order valence-corrected chi connectivity index (χ3v) is 3.42. The van der Waals surface area contributed by atoms with Crippen LogP contribution in [-0.4, -0.2) is 25.2 Å². The molecule has 3 heteroatoms. The maximum atomic E-state index is 11.2. The fourth-order valence-electron chi connectivity index (χ4n) is 1.79. The zero-order valence-corrected chi connectivity index (χ0v) is 11.2. The Morgan fingerprint density at radius 1 is 1.25 bits per heavy atom. The lowest BCUT2D eigenvalue weighted by molar-refractivity contribution is -0.136. The standard InChI is InChI=1S/C13H25NO2/c1-6-13(7-2,8-3)14-10-9-11(4)12(15)16-5/h9,14H,6-8,10H2,1-5H3/b11-9-. The van der Waals surface area contributed by atoms with E-state index >= 15 is 0 Å². The van der Waals surface area contributed by atoms with Gasteiger partial charge in [-0.2, -0.15) is 0 Å². The maximum Gasteiger partial charge on any atom is 0.333 e. The predicted molar refractivity (Wildman–Crippen MR) is 67.4 cm³/mol. The highest BCUT2D eigenvalue weighted by Gasteiger charge is 2.21. The van der Waals surface area contributed by atoms with Crippen LogP contribution in [0.2, 0.25) is 0 Å². The molecule has 0 saturated carbocycles. The van der Waals surface area contributed by atoms with Crippen molar-refractivity contribution in [1.29, 1.82) is 0 Å². The number of methoxy groups -OCH3 is 1. The molecule has 0 aromatic carbocycles. The topological polar surface area (TPSA) is 38.3 Å². The molecule has 3 nitrogen and oxygen atoms in total. The number of rotatable bonds is 7. The number of ether oxygens (including phenoxy) is 1. The zero-order chi connectivity index (χ0) is 12.6. The van der Waals surface area contributed by atoms with Crippen LogP contribution in [0, 0.1) is 0 Å². The first-order chi connectivity index (χ1) is 7.55. The molecule has 0 radical (unpaired) electrons. The number of carbonyl (C=O) groups excluding carboxylic acids is 1. The largest absolute Gasteiger partial charge is 0.466 e. The Labute approximate surface area is 99.3 Å². The summed E-state index contributed by atoms with van der Waals surface area (Å²) in [6, 6.07) is 0. The van der Waals surface area contributed by atoms with Gasteiger partial charge < -0.3 is 10.1 Å². The summed E-state index contributed by atoms with van der Waals surface area (Å²) in [5, 5.41) is 3.51. The van der Waals surface area contributed by atoms with Crippen LogP contribution in [0.5, 0.6) is 0 Å². The van der Waals surface area contributed by atoms with Crippen LogP contribution >= 0.6 is 0 Å². The minimum atomic E-state index is -0.253. The van der Waals surface area contributed by atoms with Gasteiger partial charge in [-0.15, -0.1) is 0 Å². The second-order valence-corrected chi connectivity index (χ2v) is 4.10. The normalized spacial score (nSPS) is 12.7. The molecule has 0 aliphatic heterocycles. The Bertz CT molecular complexity index is 234. The van der Waals surface area contributed by atoms with Gasteiger partial charge in [0.05, 0.1) is 7.11 Å². The summed E-state index contributed by atoms with van der Waals surface area (Å²) < 4.78 is 4.64. The predicted octanol–water partition coefficient (Wildman–Crippen LogP) is 2.66. The summed E-state index contributed by atoms with van der Waals surface area (Å²) in [6.07, 6.45) is 5.20. The van der Waals surface area contributed by atoms with Gasteiger partial charge in [-0.1, -0.05) is 26.8 Å². The molecule has 0 rings (SSSR count). The lowest BCUT2D eigenvalue weighted by atomic mass is 9.90. The molecular formula is C13H25NO2. The molecule has 0 aliphatic rings. The fourth-order valence-corrected chi connectivity index (χ4v) is 1.79. The molecule has 0 aromatic heterocycles. The minimum absolute atomic E-state index is 0.201. The Kier molecular flexibility index (Phi) is 7.06. The Balaban J connectivity index is 4.28. The summed E-state index contributed by atoms with van der Waals surface area (Å²) in [4.78, 5) is 11.2. The molecular weight excluding hydrogens is 202 g/mol. The van der Waals surface area contributed by atoms with Crippen LogP contribution in [0.15, 0.2) is 11.6 Å². The van der Waals surface area contributed by atoms with Crippen LogP contribution in [0.25, 0.3) is 0 Å². The summed E-state index contributed by atoms with van der Waals surface area (Å²) in [6.45, 7) is 9.07. The van der Waals surface area contributed by atoms with Crippen LogP contribution in [0.4, 0.5) is 0 Å². The van der Waals surface area contributed by atoms with Crippen LogP contribution < -0.4 is 5.32 Å². The maximum absolute atomic E-state index is 11.2. The Morgan fingerprint density at radius 2 is 1.75 bits per heavy atom. The zero-order valence-electron chi connectivity index (χ0n) is 11.2. The van der Waals surface area contributed by atoms with Gasteiger partial charge in [0.15, 0.2) is 0 Å². The molecule has 94 valence electrons. The third kappa shape index (κ3) is 4.35. The van der Waals surface area contributed by atoms with Gasteiger partial charge in [0.2, 0.25) is 0 Å². The molecule has 0 bridgehead atoms. The van der Waals surface area contributed by atoms with E-state index in [2.05, 4.69) is 30.8 Å². The number of hydrogen-bond donors (Lipinski definition) is 1. The highest BCUT2D eigenvalue weighted by Crippen LogP contribution is 2.18. The summed E-state index contributed by atoms with van der Waals surface area (Å²) in [7, 11) is 1.40. The summed E-state index contributed by atoms with van der Waals surface area (Å²) >= 11 is 0. The first-order valence-corrected chi connectivity index (χ1v) is 6.05. The van der Waals surface area contributed by atoms with Gasteiger partial charge in [0.25, 0.3) is 0 Å². The van der Waals surface area contributed by atoms with E-state index in [1.54, 1.807) is 6.92 Å². The van der Waals surface area contributed by atoms with E-state index in [0.29, 0.717) is 5.57 Å². The second kappa shape index (κ2) is 7.44. The molecule has 0 spiro atoms. The highest BCUT2D eigenvalue weighted by molar-refractivity contribution is 5.87. The monoisotopic (exact) mass is 227 g/mol. The van der Waals surface area contributed by atoms with Gasteiger partial charge in [-0.25, -0.2) is 4.79 Å². The average Bonchev–Trinajstić information content (AvgIpc) is 2.34. The summed E-state index contributed by atoms with van der Waals surface area (Å²) in [5.74, 6) is -0.253. The van der Waals surface area contributed by atoms with Gasteiger partial charge in [0.1, 0.15) is 0 Å². The molecule has 0 heterocycles. The van der Waals surface area contributed by atoms with E-state index in [0.717, 1.165) is 25.8 Å². The quantitative estimate of drug-likeness (QED) is 0.537. The molecule has 0 unspecified atom stereocenters. The van der Waals surface area contributed by atoms with Crippen molar-refractivity contribution in [3.63, 3.8) is 0 Å². The minimum Gasteiger partial charge on any atom is -0.466 e. The van der Waals surface area contributed by atoms with E-state index in [-0.39, 0.29) is 11.5 Å². The van der Waals surface area contributed by atoms with E-state index in [1.807, 2.05) is 6.08 Å². The van der Waals surface area contributed by atoms with Crippen molar-refractivity contribution in [3.8, 4) is 0 Å². The third-order valence-electron chi connectivity index (χ3n) is 3.42. The smallest absolute Gasteiger partial charge is 0.333 e. The number of carbonyl (C=O) groups is 1. The van der Waals surface area contributed by atoms with Crippen molar-refractivity contribution >= 4 is 5.97 Å². The first-order valence-electron chi connectivity index (χ1n) is 6.05. The van der Waals surface area contributed by atoms with Crippen LogP contribution in [-0.2, 0) is 9.53 Å². The number of nitrogens with one attached hydrogen (secondary N) is 1. The number of esters is 1. The fraction of sp³-hybridized carbons (Fsp3) is 0.769. The molecule has 0 fully saturated rings. The molecule has 16 heavy (non-hydrogen) atoms. The summed E-state index contributed by atoms with van der Waals surface area (Å²) in [5.41, 5.74) is 0.861. The second-order valence-electron chi connectivity index (χ2n) is 4.10. The van der Waals surface area contributed by atoms with Crippen molar-refractivity contribution < 1.29 is 9.53 Å². The van der Waals surface area contributed by atoms with Gasteiger partial charge >= 0.3 is 5.97 Å². The van der Waals surface area contributed by atoms with Crippen molar-refractivity contribution in [3.05, 3.63) is 11.6 Å². The van der Waals surface area contributed by atoms with Crippen molar-refractivity contribution in [2.45, 2.75) is 52.5 Å². The molecule has 0 saturated heterocycles. The van der Waals surface area contributed by atoms with E-state index < -0.39 is 0 Å². The van der Waals surface area contributed by atoms with Crippen LogP contribution in [0.3, 0.4) is 0 Å². The lowest BCUT2D eigenvalue weighted by Gasteiger charge is -2.31. The highest BCUT2D eigenvalue weighted by atomic mass is 16.5. The van der Waals surface area contributed by atoms with E-state index in [1.165, 1.54) is 7.11 Å². The molecule has 1 N–H and O–H groups in total. The molecule has 0 atom stereocenters. The van der Waals surface area contributed by atoms with Gasteiger partial charge in [-0.3, -0.25) is 0 Å². The SMILES string of the molecule is CCC(CC)(CC)NC/C=C(/C)C(=O)OC. The van der Waals surface area contributed by atoms with Crippen LogP contribution in [0.1, 0.15) is 47.0 Å². The number of hydrogen-bond acceptors (Lipinski definition) is 3. The molecule has 0 aromatic rings.